The summed E-state index contributed by atoms with van der Waals surface area (Å²) in [5.41, 5.74) is 6.57. The van der Waals surface area contributed by atoms with Crippen LogP contribution in [-0.2, 0) is 0 Å². The first-order valence-corrected chi connectivity index (χ1v) is 5.40. The standard InChI is InChI=1S/C12H18N2O2/c1-9(4-3-7-15)14-11-6-2-5-10(8-11)12(13)16/h2,5-6,8-9,14-15H,3-4,7H2,1H3,(H2,13,16). The van der Waals surface area contributed by atoms with Crippen LogP contribution in [0.15, 0.2) is 24.3 Å². The Morgan fingerprint density at radius 2 is 2.31 bits per heavy atom. The zero-order valence-electron chi connectivity index (χ0n) is 9.44. The molecule has 0 bridgehead atoms. The summed E-state index contributed by atoms with van der Waals surface area (Å²) in [6.45, 7) is 2.24. The molecule has 0 aliphatic heterocycles. The number of carbonyl (C=O) groups excluding carboxylic acids is 1. The smallest absolute Gasteiger partial charge is 0.248 e. The molecule has 1 atom stereocenters. The fourth-order valence-corrected chi connectivity index (χ4v) is 1.52. The van der Waals surface area contributed by atoms with Crippen molar-refractivity contribution in [1.82, 2.24) is 0 Å². The number of aliphatic hydroxyl groups is 1. The summed E-state index contributed by atoms with van der Waals surface area (Å²) in [6, 6.07) is 7.36. The number of amides is 1. The molecular formula is C12H18N2O2. The van der Waals surface area contributed by atoms with Crippen molar-refractivity contribution >= 4 is 11.6 Å². The van der Waals surface area contributed by atoms with Crippen molar-refractivity contribution in [2.45, 2.75) is 25.8 Å². The highest BCUT2D eigenvalue weighted by atomic mass is 16.2. The van der Waals surface area contributed by atoms with Crippen LogP contribution in [0.5, 0.6) is 0 Å². The van der Waals surface area contributed by atoms with Crippen LogP contribution >= 0.6 is 0 Å². The second-order valence-corrected chi connectivity index (χ2v) is 3.86. The van der Waals surface area contributed by atoms with Gasteiger partial charge in [-0.3, -0.25) is 4.79 Å². The van der Waals surface area contributed by atoms with Gasteiger partial charge in [0, 0.05) is 23.9 Å². The Labute approximate surface area is 95.5 Å². The molecular weight excluding hydrogens is 204 g/mol. The number of carbonyl (C=O) groups is 1. The molecule has 0 spiro atoms. The zero-order chi connectivity index (χ0) is 12.0. The molecule has 1 aromatic carbocycles. The molecule has 1 unspecified atom stereocenters. The number of anilines is 1. The van der Waals surface area contributed by atoms with Crippen LogP contribution in [0, 0.1) is 0 Å². The van der Waals surface area contributed by atoms with Gasteiger partial charge in [0.05, 0.1) is 0 Å². The third-order valence-electron chi connectivity index (χ3n) is 2.36. The van der Waals surface area contributed by atoms with E-state index in [1.807, 2.05) is 13.0 Å². The van der Waals surface area contributed by atoms with Crippen LogP contribution in [0.25, 0.3) is 0 Å². The maximum atomic E-state index is 11.0. The maximum absolute atomic E-state index is 11.0. The fraction of sp³-hybridized carbons (Fsp3) is 0.417. The van der Waals surface area contributed by atoms with Gasteiger partial charge in [-0.1, -0.05) is 6.07 Å². The molecule has 4 nitrogen and oxygen atoms in total. The average Bonchev–Trinajstić information content (AvgIpc) is 2.26. The van der Waals surface area contributed by atoms with E-state index in [9.17, 15) is 4.79 Å². The lowest BCUT2D eigenvalue weighted by molar-refractivity contribution is 0.100. The number of hydrogen-bond donors (Lipinski definition) is 3. The fourth-order valence-electron chi connectivity index (χ4n) is 1.52. The highest BCUT2D eigenvalue weighted by Crippen LogP contribution is 2.12. The van der Waals surface area contributed by atoms with Gasteiger partial charge in [-0.25, -0.2) is 0 Å². The van der Waals surface area contributed by atoms with Gasteiger partial charge in [-0.05, 0) is 38.0 Å². The molecule has 1 aromatic rings. The molecule has 16 heavy (non-hydrogen) atoms. The monoisotopic (exact) mass is 222 g/mol. The average molecular weight is 222 g/mol. The van der Waals surface area contributed by atoms with Crippen LogP contribution in [-0.4, -0.2) is 23.7 Å². The van der Waals surface area contributed by atoms with Crippen LogP contribution in [0.4, 0.5) is 5.69 Å². The van der Waals surface area contributed by atoms with E-state index in [1.54, 1.807) is 18.2 Å². The summed E-state index contributed by atoms with van der Waals surface area (Å²) < 4.78 is 0. The van der Waals surface area contributed by atoms with Gasteiger partial charge in [-0.2, -0.15) is 0 Å². The topological polar surface area (TPSA) is 75.3 Å². The predicted octanol–water partition coefficient (Wildman–Crippen LogP) is 1.36. The molecule has 0 fully saturated rings. The van der Waals surface area contributed by atoms with E-state index >= 15 is 0 Å². The quantitative estimate of drug-likeness (QED) is 0.680. The van der Waals surface area contributed by atoms with Crippen molar-refractivity contribution in [3.05, 3.63) is 29.8 Å². The molecule has 0 aromatic heterocycles. The normalized spacial score (nSPS) is 12.1. The lowest BCUT2D eigenvalue weighted by atomic mass is 10.1. The van der Waals surface area contributed by atoms with E-state index in [-0.39, 0.29) is 12.6 Å². The molecule has 0 saturated heterocycles. The summed E-state index contributed by atoms with van der Waals surface area (Å²) in [6.07, 6.45) is 1.65. The van der Waals surface area contributed by atoms with Crippen molar-refractivity contribution in [3.63, 3.8) is 0 Å². The lowest BCUT2D eigenvalue weighted by Gasteiger charge is -2.14. The highest BCUT2D eigenvalue weighted by Gasteiger charge is 2.04. The summed E-state index contributed by atoms with van der Waals surface area (Å²) in [5.74, 6) is -0.424. The number of benzene rings is 1. The SMILES string of the molecule is CC(CCCO)Nc1cccc(C(N)=O)c1. The third kappa shape index (κ3) is 3.90. The van der Waals surface area contributed by atoms with E-state index < -0.39 is 5.91 Å². The molecule has 0 radical (unpaired) electrons. The number of hydrogen-bond acceptors (Lipinski definition) is 3. The molecule has 4 heteroatoms. The number of nitrogens with one attached hydrogen (secondary N) is 1. The van der Waals surface area contributed by atoms with E-state index in [4.69, 9.17) is 10.8 Å². The first-order chi connectivity index (χ1) is 7.63. The molecule has 88 valence electrons. The van der Waals surface area contributed by atoms with Crippen molar-refractivity contribution in [2.75, 3.05) is 11.9 Å². The second-order valence-electron chi connectivity index (χ2n) is 3.86. The number of rotatable bonds is 6. The summed E-state index contributed by atoms with van der Waals surface area (Å²) in [4.78, 5) is 11.0. The molecule has 0 heterocycles. The number of primary amides is 1. The Morgan fingerprint density at radius 1 is 1.56 bits per heavy atom. The third-order valence-corrected chi connectivity index (χ3v) is 2.36. The van der Waals surface area contributed by atoms with Gasteiger partial charge in [0.25, 0.3) is 0 Å². The highest BCUT2D eigenvalue weighted by molar-refractivity contribution is 5.93. The van der Waals surface area contributed by atoms with Crippen molar-refractivity contribution in [1.29, 1.82) is 0 Å². The van der Waals surface area contributed by atoms with Gasteiger partial charge in [0.1, 0.15) is 0 Å². The Morgan fingerprint density at radius 3 is 2.94 bits per heavy atom. The molecule has 0 saturated carbocycles. The van der Waals surface area contributed by atoms with Gasteiger partial charge < -0.3 is 16.2 Å². The predicted molar refractivity (Wildman–Crippen MR) is 64.4 cm³/mol. The first kappa shape index (κ1) is 12.5. The van der Waals surface area contributed by atoms with Crippen LogP contribution in [0.2, 0.25) is 0 Å². The minimum absolute atomic E-state index is 0.202. The van der Waals surface area contributed by atoms with Gasteiger partial charge >= 0.3 is 0 Å². The molecule has 0 aliphatic carbocycles. The van der Waals surface area contributed by atoms with E-state index in [1.165, 1.54) is 0 Å². The second kappa shape index (κ2) is 6.12. The minimum atomic E-state index is -0.424. The van der Waals surface area contributed by atoms with Gasteiger partial charge in [-0.15, -0.1) is 0 Å². The Hall–Kier alpha value is -1.55. The Bertz CT molecular complexity index is 353. The van der Waals surface area contributed by atoms with Crippen molar-refractivity contribution < 1.29 is 9.90 Å². The molecule has 1 amide bonds. The number of aliphatic hydroxyl groups excluding tert-OH is 1. The molecule has 1 rings (SSSR count). The molecule has 0 aliphatic rings. The zero-order valence-corrected chi connectivity index (χ0v) is 9.44. The van der Waals surface area contributed by atoms with Gasteiger partial charge in [0.2, 0.25) is 5.91 Å². The Kier molecular flexibility index (Phi) is 4.79. The van der Waals surface area contributed by atoms with E-state index in [2.05, 4.69) is 5.32 Å². The van der Waals surface area contributed by atoms with Crippen molar-refractivity contribution in [2.24, 2.45) is 5.73 Å². The van der Waals surface area contributed by atoms with Crippen LogP contribution < -0.4 is 11.1 Å². The number of nitrogens with two attached hydrogens (primary N) is 1. The van der Waals surface area contributed by atoms with Crippen LogP contribution in [0.3, 0.4) is 0 Å². The van der Waals surface area contributed by atoms with Crippen molar-refractivity contribution in [3.8, 4) is 0 Å². The van der Waals surface area contributed by atoms with E-state index in [0.717, 1.165) is 18.5 Å². The summed E-state index contributed by atoms with van der Waals surface area (Å²) in [7, 11) is 0. The lowest BCUT2D eigenvalue weighted by Crippen LogP contribution is -2.16. The van der Waals surface area contributed by atoms with E-state index in [0.29, 0.717) is 5.56 Å². The maximum Gasteiger partial charge on any atom is 0.248 e. The van der Waals surface area contributed by atoms with Crippen LogP contribution in [0.1, 0.15) is 30.1 Å². The Balaban J connectivity index is 2.59. The van der Waals surface area contributed by atoms with Gasteiger partial charge in [0.15, 0.2) is 0 Å². The molecule has 4 N–H and O–H groups in total. The largest absolute Gasteiger partial charge is 0.396 e. The first-order valence-electron chi connectivity index (χ1n) is 5.40. The summed E-state index contributed by atoms with van der Waals surface area (Å²) in [5, 5.41) is 12.0. The minimum Gasteiger partial charge on any atom is -0.396 e. The summed E-state index contributed by atoms with van der Waals surface area (Å²) >= 11 is 0.